The molecule has 1 heterocycles. The van der Waals surface area contributed by atoms with Crippen LogP contribution in [0.5, 0.6) is 0 Å². The summed E-state index contributed by atoms with van der Waals surface area (Å²) >= 11 is 2.44. The molecule has 0 spiro atoms. The zero-order valence-electron chi connectivity index (χ0n) is 13.4. The van der Waals surface area contributed by atoms with E-state index in [9.17, 15) is 74.6 Å². The van der Waals surface area contributed by atoms with Crippen LogP contribution in [0.4, 0.5) is 74.6 Å². The number of rotatable bonds is 7. The molecule has 19 heteroatoms. The van der Waals surface area contributed by atoms with Gasteiger partial charge in [0.2, 0.25) is 0 Å². The Balaban J connectivity index is 3.69. The highest BCUT2D eigenvalue weighted by atomic mass is 79.9. The van der Waals surface area contributed by atoms with Crippen LogP contribution in [-0.4, -0.2) is 41.7 Å². The van der Waals surface area contributed by atoms with Crippen molar-refractivity contribution in [2.24, 2.45) is 0 Å². The van der Waals surface area contributed by atoms with E-state index < -0.39 is 57.0 Å². The lowest BCUT2D eigenvalue weighted by Crippen LogP contribution is -2.74. The zero-order chi connectivity index (χ0) is 25.3. The fourth-order valence-corrected chi connectivity index (χ4v) is 3.00. The maximum absolute atomic E-state index is 13.7. The molecule has 0 aliphatic rings. The van der Waals surface area contributed by atoms with Gasteiger partial charge in [0, 0.05) is 10.9 Å². The van der Waals surface area contributed by atoms with Gasteiger partial charge in [-0.05, 0) is 22.0 Å². The predicted octanol–water partition coefficient (Wildman–Crippen LogP) is 7.98. The molecule has 0 aliphatic heterocycles. The molecule has 0 aliphatic carbocycles. The molecule has 0 unspecified atom stereocenters. The van der Waals surface area contributed by atoms with Gasteiger partial charge in [0.15, 0.2) is 0 Å². The van der Waals surface area contributed by atoms with E-state index >= 15 is 0 Å². The van der Waals surface area contributed by atoms with E-state index in [2.05, 4.69) is 15.9 Å². The quantitative estimate of drug-likeness (QED) is 0.287. The highest BCUT2D eigenvalue weighted by Crippen LogP contribution is 2.65. The molecule has 0 bridgehead atoms. The van der Waals surface area contributed by atoms with Crippen molar-refractivity contribution in [2.45, 2.75) is 47.6 Å². The maximum atomic E-state index is 13.7. The summed E-state index contributed by atoms with van der Waals surface area (Å²) in [6.45, 7) is 0. The molecule has 1 rings (SSSR count). The van der Waals surface area contributed by atoms with Crippen LogP contribution in [0, 0.1) is 0 Å². The minimum absolute atomic E-state index is 0.0600. The molecule has 0 atom stereocenters. The molecule has 0 fully saturated rings. The van der Waals surface area contributed by atoms with E-state index in [0.717, 1.165) is 0 Å². The van der Waals surface area contributed by atoms with Crippen LogP contribution in [0.15, 0.2) is 15.2 Å². The van der Waals surface area contributed by atoms with Gasteiger partial charge in [-0.15, -0.1) is 11.3 Å². The van der Waals surface area contributed by atoms with Crippen LogP contribution < -0.4 is 0 Å². The van der Waals surface area contributed by atoms with E-state index in [1.807, 2.05) is 0 Å². The van der Waals surface area contributed by atoms with E-state index in [1.54, 1.807) is 0 Å². The van der Waals surface area contributed by atoms with Crippen LogP contribution in [0.3, 0.4) is 0 Å². The van der Waals surface area contributed by atoms with Gasteiger partial charge in [-0.25, -0.2) is 0 Å². The van der Waals surface area contributed by atoms with Gasteiger partial charge in [-0.3, -0.25) is 0 Å². The molecule has 0 saturated heterocycles. The van der Waals surface area contributed by atoms with Crippen molar-refractivity contribution in [3.63, 3.8) is 0 Å². The standard InChI is InChI=1S/C12H2BrF17S/c13-4-1-3(2-31-4)5(14,15)6(16,17)7(18,19)8(20,21)9(22,23)10(24,25)11(26,27)12(28,29)30/h1-2H. The molecule has 0 radical (unpaired) electrons. The average Bonchev–Trinajstić information content (AvgIpc) is 2.99. The van der Waals surface area contributed by atoms with Gasteiger partial charge in [-0.2, -0.15) is 74.6 Å². The molecule has 1 aromatic heterocycles. The van der Waals surface area contributed by atoms with Crippen molar-refractivity contribution < 1.29 is 74.6 Å². The lowest BCUT2D eigenvalue weighted by atomic mass is 9.88. The van der Waals surface area contributed by atoms with Crippen molar-refractivity contribution in [3.05, 3.63) is 20.8 Å². The molecule has 0 N–H and O–H groups in total. The maximum Gasteiger partial charge on any atom is 0.460 e. The monoisotopic (exact) mass is 580 g/mol. The number of hydrogen-bond donors (Lipinski definition) is 0. The van der Waals surface area contributed by atoms with Crippen LogP contribution in [-0.2, 0) is 5.92 Å². The number of alkyl halides is 17. The lowest BCUT2D eigenvalue weighted by molar-refractivity contribution is -0.462. The largest absolute Gasteiger partial charge is 0.460 e. The number of hydrogen-bond acceptors (Lipinski definition) is 1. The predicted molar refractivity (Wildman–Crippen MR) is 71.7 cm³/mol. The normalized spacial score (nSPS) is 16.1. The van der Waals surface area contributed by atoms with E-state index in [1.165, 1.54) is 0 Å². The minimum atomic E-state index is -8.61. The van der Waals surface area contributed by atoms with Gasteiger partial charge in [-0.1, -0.05) is 0 Å². The van der Waals surface area contributed by atoms with Gasteiger partial charge < -0.3 is 0 Å². The van der Waals surface area contributed by atoms with E-state index in [4.69, 9.17) is 0 Å². The van der Waals surface area contributed by atoms with E-state index in [-0.39, 0.29) is 22.8 Å². The van der Waals surface area contributed by atoms with Crippen molar-refractivity contribution in [1.29, 1.82) is 0 Å². The Labute approximate surface area is 171 Å². The SMILES string of the molecule is FC(F)(F)C(F)(F)C(F)(F)C(F)(F)C(F)(F)C(F)(F)C(F)(F)C(F)(F)c1csc(Br)c1. The second-order valence-electron chi connectivity index (χ2n) is 5.66. The minimum Gasteiger partial charge on any atom is -0.194 e. The molecule has 31 heavy (non-hydrogen) atoms. The third-order valence-corrected chi connectivity index (χ3v) is 5.16. The highest BCUT2D eigenvalue weighted by Gasteiger charge is 2.95. The first kappa shape index (κ1) is 28.0. The third kappa shape index (κ3) is 3.56. The number of halogens is 18. The van der Waals surface area contributed by atoms with Crippen LogP contribution in [0.1, 0.15) is 5.56 Å². The molecule has 0 aromatic carbocycles. The molecule has 0 saturated carbocycles. The highest BCUT2D eigenvalue weighted by molar-refractivity contribution is 9.11. The Morgan fingerprint density at radius 2 is 0.839 bits per heavy atom. The molecule has 0 nitrogen and oxygen atoms in total. The Morgan fingerprint density at radius 3 is 1.13 bits per heavy atom. The molecular formula is C12H2BrF17S. The topological polar surface area (TPSA) is 0 Å². The Hall–Kier alpha value is -1.01. The molecule has 1 aromatic rings. The Morgan fingerprint density at radius 1 is 0.516 bits per heavy atom. The van der Waals surface area contributed by atoms with Gasteiger partial charge >= 0.3 is 47.6 Å². The Kier molecular flexibility index (Phi) is 6.55. The summed E-state index contributed by atoms with van der Waals surface area (Å²) < 4.78 is 222. The Bertz CT molecular complexity index is 804. The summed E-state index contributed by atoms with van der Waals surface area (Å²) in [6.07, 6.45) is -7.76. The summed E-state index contributed by atoms with van der Waals surface area (Å²) in [6, 6.07) is -0.0860. The van der Waals surface area contributed by atoms with Crippen LogP contribution in [0.2, 0.25) is 0 Å². The van der Waals surface area contributed by atoms with Gasteiger partial charge in [0.25, 0.3) is 0 Å². The van der Waals surface area contributed by atoms with Crippen molar-refractivity contribution in [2.75, 3.05) is 0 Å². The first-order valence-electron chi connectivity index (χ1n) is 6.71. The summed E-state index contributed by atoms with van der Waals surface area (Å²) in [7, 11) is 0. The van der Waals surface area contributed by atoms with Crippen molar-refractivity contribution >= 4 is 27.3 Å². The first-order valence-corrected chi connectivity index (χ1v) is 8.38. The zero-order valence-corrected chi connectivity index (χ0v) is 15.8. The second kappa shape index (κ2) is 7.24. The van der Waals surface area contributed by atoms with Crippen LogP contribution >= 0.6 is 27.3 Å². The van der Waals surface area contributed by atoms with Crippen molar-refractivity contribution in [3.8, 4) is 0 Å². The fraction of sp³-hybridized carbons (Fsp3) is 0.667. The second-order valence-corrected chi connectivity index (χ2v) is 7.95. The van der Waals surface area contributed by atoms with Gasteiger partial charge in [0.05, 0.1) is 3.79 Å². The smallest absolute Gasteiger partial charge is 0.194 e. The van der Waals surface area contributed by atoms with E-state index in [0.29, 0.717) is 0 Å². The summed E-state index contributed by atoms with van der Waals surface area (Å²) in [5.74, 6) is -56.3. The van der Waals surface area contributed by atoms with Crippen molar-refractivity contribution in [1.82, 2.24) is 0 Å². The summed E-state index contributed by atoms with van der Waals surface area (Å²) in [4.78, 5) is 0. The lowest BCUT2D eigenvalue weighted by Gasteiger charge is -2.42. The number of thiophene rings is 1. The molecule has 182 valence electrons. The fourth-order valence-electron chi connectivity index (χ4n) is 1.82. The first-order chi connectivity index (χ1) is 13.2. The van der Waals surface area contributed by atoms with Gasteiger partial charge in [0.1, 0.15) is 0 Å². The third-order valence-electron chi connectivity index (χ3n) is 3.65. The summed E-state index contributed by atoms with van der Waals surface area (Å²) in [5, 5.41) is -0.0727. The molecule has 0 amide bonds. The summed E-state index contributed by atoms with van der Waals surface area (Å²) in [5.41, 5.74) is -2.22. The molecular weight excluding hydrogens is 579 g/mol. The average molecular weight is 581 g/mol. The van der Waals surface area contributed by atoms with Crippen LogP contribution in [0.25, 0.3) is 0 Å².